The van der Waals surface area contributed by atoms with E-state index in [1.54, 1.807) is 0 Å². The minimum atomic E-state index is -0.351. The molecule has 1 saturated carbocycles. The number of carbonyl (C=O) groups excluding carboxylic acids is 2. The molecule has 7 nitrogen and oxygen atoms in total. The van der Waals surface area contributed by atoms with E-state index in [0.29, 0.717) is 24.2 Å². The zero-order valence-electron chi connectivity index (χ0n) is 15.2. The van der Waals surface area contributed by atoms with Gasteiger partial charge in [0.05, 0.1) is 5.25 Å². The molecule has 1 aromatic heterocycles. The van der Waals surface area contributed by atoms with E-state index in [1.165, 1.54) is 37.4 Å². The number of nitrogens with one attached hydrogen (secondary N) is 1. The Morgan fingerprint density at radius 3 is 2.56 bits per heavy atom. The molecule has 1 heterocycles. The summed E-state index contributed by atoms with van der Waals surface area (Å²) in [7, 11) is 0. The molecule has 2 rings (SSSR count). The average Bonchev–Trinajstić information content (AvgIpc) is 2.77. The zero-order valence-corrected chi connectivity index (χ0v) is 16.0. The number of aryl methyl sites for hydroxylation is 1. The summed E-state index contributed by atoms with van der Waals surface area (Å²) in [5.74, 6) is 0.442. The molecule has 0 bridgehead atoms. The van der Waals surface area contributed by atoms with Crippen LogP contribution in [0.2, 0.25) is 0 Å². The van der Waals surface area contributed by atoms with Crippen molar-refractivity contribution in [2.24, 2.45) is 5.73 Å². The third-order valence-electron chi connectivity index (χ3n) is 4.56. The smallest absolute Gasteiger partial charge is 0.233 e. The SMILES string of the molecule is CCn1c(CCC(N)=O)nnc1S[C@@H](C)C(=O)NC1CCCCCC1. The molecule has 1 aliphatic carbocycles. The van der Waals surface area contributed by atoms with E-state index < -0.39 is 0 Å². The average molecular weight is 368 g/mol. The van der Waals surface area contributed by atoms with Gasteiger partial charge in [-0.2, -0.15) is 0 Å². The van der Waals surface area contributed by atoms with Crippen molar-refractivity contribution in [3.05, 3.63) is 5.82 Å². The third kappa shape index (κ3) is 6.02. The van der Waals surface area contributed by atoms with Crippen LogP contribution in [0.5, 0.6) is 0 Å². The Bertz CT molecular complexity index is 582. The van der Waals surface area contributed by atoms with E-state index in [1.807, 2.05) is 18.4 Å². The second kappa shape index (κ2) is 9.79. The van der Waals surface area contributed by atoms with Crippen LogP contribution in [0, 0.1) is 0 Å². The van der Waals surface area contributed by atoms with Crippen LogP contribution in [0.3, 0.4) is 0 Å². The number of amides is 2. The molecule has 0 unspecified atom stereocenters. The number of nitrogens with two attached hydrogens (primary N) is 1. The van der Waals surface area contributed by atoms with Gasteiger partial charge in [-0.25, -0.2) is 0 Å². The highest BCUT2D eigenvalue weighted by molar-refractivity contribution is 8.00. The minimum absolute atomic E-state index is 0.0567. The van der Waals surface area contributed by atoms with Crippen LogP contribution >= 0.6 is 11.8 Å². The lowest BCUT2D eigenvalue weighted by molar-refractivity contribution is -0.121. The highest BCUT2D eigenvalue weighted by Crippen LogP contribution is 2.24. The second-order valence-electron chi connectivity index (χ2n) is 6.57. The topological polar surface area (TPSA) is 103 Å². The molecule has 3 N–H and O–H groups in total. The number of carbonyl (C=O) groups is 2. The predicted molar refractivity (Wildman–Crippen MR) is 98.2 cm³/mol. The normalized spacial score (nSPS) is 17.0. The Balaban J connectivity index is 1.93. The number of nitrogens with zero attached hydrogens (tertiary/aromatic N) is 3. The summed E-state index contributed by atoms with van der Waals surface area (Å²) in [6.45, 7) is 4.59. The maximum absolute atomic E-state index is 12.5. The number of hydrogen-bond acceptors (Lipinski definition) is 5. The number of hydrogen-bond donors (Lipinski definition) is 2. The summed E-state index contributed by atoms with van der Waals surface area (Å²) in [6, 6.07) is 0.299. The van der Waals surface area contributed by atoms with Crippen molar-refractivity contribution in [2.45, 2.75) is 88.2 Å². The number of rotatable bonds is 8. The van der Waals surface area contributed by atoms with Crippen molar-refractivity contribution in [3.63, 3.8) is 0 Å². The highest BCUT2D eigenvalue weighted by atomic mass is 32.2. The summed E-state index contributed by atoms with van der Waals surface area (Å²) in [6.07, 6.45) is 7.80. The van der Waals surface area contributed by atoms with Crippen LogP contribution in [0.15, 0.2) is 5.16 Å². The van der Waals surface area contributed by atoms with E-state index in [2.05, 4.69) is 15.5 Å². The van der Waals surface area contributed by atoms with E-state index in [9.17, 15) is 9.59 Å². The standard InChI is InChI=1S/C17H29N5O2S/c1-3-22-15(11-10-14(18)23)20-21-17(22)25-12(2)16(24)19-13-8-6-4-5-7-9-13/h12-13H,3-11H2,1-2H3,(H2,18,23)(H,19,24)/t12-/m0/s1. The van der Waals surface area contributed by atoms with Gasteiger partial charge in [-0.15, -0.1) is 10.2 Å². The molecule has 8 heteroatoms. The first kappa shape index (κ1) is 19.8. The molecule has 1 aliphatic rings. The number of primary amides is 1. The van der Waals surface area contributed by atoms with Crippen molar-refractivity contribution >= 4 is 23.6 Å². The largest absolute Gasteiger partial charge is 0.370 e. The van der Waals surface area contributed by atoms with Gasteiger partial charge in [-0.3, -0.25) is 9.59 Å². The molecule has 1 atom stereocenters. The first-order valence-electron chi connectivity index (χ1n) is 9.18. The fourth-order valence-corrected chi connectivity index (χ4v) is 4.04. The Labute approximate surface area is 153 Å². The molecule has 0 aromatic carbocycles. The summed E-state index contributed by atoms with van der Waals surface area (Å²) < 4.78 is 1.95. The minimum Gasteiger partial charge on any atom is -0.370 e. The summed E-state index contributed by atoms with van der Waals surface area (Å²) in [4.78, 5) is 23.5. The molecular formula is C17H29N5O2S. The van der Waals surface area contributed by atoms with Gasteiger partial charge in [0.15, 0.2) is 5.16 Å². The van der Waals surface area contributed by atoms with Crippen LogP contribution in [0.25, 0.3) is 0 Å². The molecule has 25 heavy (non-hydrogen) atoms. The van der Waals surface area contributed by atoms with Gasteiger partial charge in [0.2, 0.25) is 11.8 Å². The lowest BCUT2D eigenvalue weighted by Crippen LogP contribution is -2.39. The molecule has 0 aliphatic heterocycles. The molecule has 0 radical (unpaired) electrons. The van der Waals surface area contributed by atoms with E-state index in [4.69, 9.17) is 5.73 Å². The predicted octanol–water partition coefficient (Wildman–Crippen LogP) is 2.04. The van der Waals surface area contributed by atoms with Gasteiger partial charge >= 0.3 is 0 Å². The summed E-state index contributed by atoms with van der Waals surface area (Å²) >= 11 is 1.41. The quantitative estimate of drug-likeness (QED) is 0.540. The van der Waals surface area contributed by atoms with Crippen LogP contribution < -0.4 is 11.1 Å². The lowest BCUT2D eigenvalue weighted by atomic mass is 10.1. The Morgan fingerprint density at radius 2 is 1.96 bits per heavy atom. The Hall–Kier alpha value is -1.57. The number of aromatic nitrogens is 3. The monoisotopic (exact) mass is 367 g/mol. The molecule has 0 saturated heterocycles. The second-order valence-corrected chi connectivity index (χ2v) is 7.87. The molecule has 1 fully saturated rings. The molecule has 2 amide bonds. The maximum Gasteiger partial charge on any atom is 0.233 e. The summed E-state index contributed by atoms with van der Waals surface area (Å²) in [5, 5.41) is 12.0. The van der Waals surface area contributed by atoms with Crippen molar-refractivity contribution in [1.82, 2.24) is 20.1 Å². The van der Waals surface area contributed by atoms with Gasteiger partial charge in [-0.05, 0) is 26.7 Å². The lowest BCUT2D eigenvalue weighted by Gasteiger charge is -2.19. The van der Waals surface area contributed by atoms with Crippen LogP contribution in [-0.2, 0) is 22.6 Å². The van der Waals surface area contributed by atoms with E-state index in [0.717, 1.165) is 18.7 Å². The summed E-state index contributed by atoms with van der Waals surface area (Å²) in [5.41, 5.74) is 5.20. The van der Waals surface area contributed by atoms with E-state index in [-0.39, 0.29) is 23.5 Å². The fourth-order valence-electron chi connectivity index (χ4n) is 3.10. The zero-order chi connectivity index (χ0) is 18.2. The third-order valence-corrected chi connectivity index (χ3v) is 5.64. The molecule has 1 aromatic rings. The van der Waals surface area contributed by atoms with Gasteiger partial charge in [0.25, 0.3) is 0 Å². The Morgan fingerprint density at radius 1 is 1.28 bits per heavy atom. The van der Waals surface area contributed by atoms with Crippen molar-refractivity contribution in [3.8, 4) is 0 Å². The first-order valence-corrected chi connectivity index (χ1v) is 10.1. The van der Waals surface area contributed by atoms with Crippen LogP contribution in [-0.4, -0.2) is 37.9 Å². The van der Waals surface area contributed by atoms with Gasteiger partial charge in [0, 0.05) is 25.4 Å². The fraction of sp³-hybridized carbons (Fsp3) is 0.765. The van der Waals surface area contributed by atoms with Crippen molar-refractivity contribution < 1.29 is 9.59 Å². The van der Waals surface area contributed by atoms with Gasteiger partial charge < -0.3 is 15.6 Å². The Kier molecular flexibility index (Phi) is 7.74. The van der Waals surface area contributed by atoms with Crippen molar-refractivity contribution in [1.29, 1.82) is 0 Å². The maximum atomic E-state index is 12.5. The first-order chi connectivity index (χ1) is 12.0. The van der Waals surface area contributed by atoms with Gasteiger partial charge in [-0.1, -0.05) is 37.4 Å². The van der Waals surface area contributed by atoms with Crippen LogP contribution in [0.1, 0.15) is 64.6 Å². The van der Waals surface area contributed by atoms with E-state index >= 15 is 0 Å². The van der Waals surface area contributed by atoms with Gasteiger partial charge in [0.1, 0.15) is 5.82 Å². The van der Waals surface area contributed by atoms with Crippen molar-refractivity contribution in [2.75, 3.05) is 0 Å². The van der Waals surface area contributed by atoms with Crippen LogP contribution in [0.4, 0.5) is 0 Å². The molecule has 140 valence electrons. The molecule has 0 spiro atoms. The highest BCUT2D eigenvalue weighted by Gasteiger charge is 2.22. The number of thioether (sulfide) groups is 1. The molecular weight excluding hydrogens is 338 g/mol.